The van der Waals surface area contributed by atoms with Crippen molar-refractivity contribution in [3.05, 3.63) is 60.2 Å². The Hall–Kier alpha value is -3.83. The van der Waals surface area contributed by atoms with E-state index in [-0.39, 0.29) is 0 Å². The maximum Gasteiger partial charge on any atom is 0.231 e. The molecular weight excluding hydrogens is 378 g/mol. The maximum absolute atomic E-state index is 8.99. The molecule has 3 aromatic rings. The molecule has 1 aromatic heterocycles. The third-order valence-electron chi connectivity index (χ3n) is 4.79. The maximum atomic E-state index is 8.99. The largest absolute Gasteiger partial charge is 0.497 e. The molecule has 3 N–H and O–H groups in total. The second-order valence-corrected chi connectivity index (χ2v) is 6.84. The summed E-state index contributed by atoms with van der Waals surface area (Å²) in [7, 11) is 1.65. The summed E-state index contributed by atoms with van der Waals surface area (Å²) in [6, 6.07) is 19.0. The van der Waals surface area contributed by atoms with Gasteiger partial charge >= 0.3 is 0 Å². The molecule has 0 aliphatic carbocycles. The highest BCUT2D eigenvalue weighted by Gasteiger charge is 2.15. The van der Waals surface area contributed by atoms with E-state index in [0.717, 1.165) is 49.1 Å². The van der Waals surface area contributed by atoms with Crippen LogP contribution in [0.4, 0.5) is 29.0 Å². The molecule has 0 unspecified atom stereocenters. The molecule has 0 bridgehead atoms. The number of benzene rings is 2. The predicted molar refractivity (Wildman–Crippen MR) is 118 cm³/mol. The number of piperazine rings is 1. The second kappa shape index (κ2) is 9.11. The molecule has 0 radical (unpaired) electrons. The van der Waals surface area contributed by atoms with Gasteiger partial charge in [0.25, 0.3) is 0 Å². The van der Waals surface area contributed by atoms with Crippen molar-refractivity contribution in [1.82, 2.24) is 15.3 Å². The molecule has 8 heteroatoms. The lowest BCUT2D eigenvalue weighted by atomic mass is 10.2. The van der Waals surface area contributed by atoms with E-state index >= 15 is 0 Å². The monoisotopic (exact) mass is 401 g/mol. The summed E-state index contributed by atoms with van der Waals surface area (Å²) in [6.07, 6.45) is 0. The highest BCUT2D eigenvalue weighted by molar-refractivity contribution is 5.64. The number of nitrogens with one attached hydrogen (secondary N) is 3. The molecule has 1 aliphatic heterocycles. The third-order valence-corrected chi connectivity index (χ3v) is 4.79. The summed E-state index contributed by atoms with van der Waals surface area (Å²) in [5, 5.41) is 18.9. The molecule has 152 valence electrons. The van der Waals surface area contributed by atoms with Gasteiger partial charge in [0.05, 0.1) is 18.7 Å². The van der Waals surface area contributed by atoms with E-state index in [1.54, 1.807) is 19.2 Å². The molecule has 1 saturated heterocycles. The standard InChI is InChI=1S/C22H23N7O/c1-30-19-8-6-17(7-9-19)25-20-14-21(29-12-10-24-11-13-29)28-22(27-20)26-18-4-2-16(15-23)3-5-18/h2-9,14,24H,10-13H2,1H3,(H2,25,26,27,28). The Morgan fingerprint density at radius 1 is 0.967 bits per heavy atom. The van der Waals surface area contributed by atoms with Gasteiger partial charge in [-0.2, -0.15) is 15.2 Å². The first-order valence-corrected chi connectivity index (χ1v) is 9.76. The number of ether oxygens (including phenoxy) is 1. The summed E-state index contributed by atoms with van der Waals surface area (Å²) < 4.78 is 5.22. The Morgan fingerprint density at radius 2 is 1.63 bits per heavy atom. The second-order valence-electron chi connectivity index (χ2n) is 6.84. The van der Waals surface area contributed by atoms with Gasteiger partial charge < -0.3 is 25.6 Å². The van der Waals surface area contributed by atoms with Crippen LogP contribution in [0.3, 0.4) is 0 Å². The summed E-state index contributed by atoms with van der Waals surface area (Å²) in [5.41, 5.74) is 2.34. The Morgan fingerprint density at radius 3 is 2.30 bits per heavy atom. The van der Waals surface area contributed by atoms with Crippen LogP contribution in [0, 0.1) is 11.3 Å². The van der Waals surface area contributed by atoms with Crippen LogP contribution in [0.2, 0.25) is 0 Å². The van der Waals surface area contributed by atoms with Crippen LogP contribution in [0.25, 0.3) is 0 Å². The topological polar surface area (TPSA) is 98.1 Å². The minimum atomic E-state index is 0.492. The number of hydrogen-bond donors (Lipinski definition) is 3. The van der Waals surface area contributed by atoms with Gasteiger partial charge in [-0.1, -0.05) is 0 Å². The minimum Gasteiger partial charge on any atom is -0.497 e. The third kappa shape index (κ3) is 4.77. The van der Waals surface area contributed by atoms with E-state index in [1.165, 1.54) is 0 Å². The van der Waals surface area contributed by atoms with E-state index in [4.69, 9.17) is 15.0 Å². The molecule has 30 heavy (non-hydrogen) atoms. The zero-order valence-electron chi connectivity index (χ0n) is 16.7. The number of hydrogen-bond acceptors (Lipinski definition) is 8. The number of aromatic nitrogens is 2. The predicted octanol–water partition coefficient (Wildman–Crippen LogP) is 3.25. The smallest absolute Gasteiger partial charge is 0.231 e. The molecule has 0 saturated carbocycles. The molecule has 0 amide bonds. The summed E-state index contributed by atoms with van der Waals surface area (Å²) >= 11 is 0. The van der Waals surface area contributed by atoms with Crippen molar-refractivity contribution >= 4 is 29.0 Å². The Balaban J connectivity index is 1.61. The van der Waals surface area contributed by atoms with Gasteiger partial charge in [0.1, 0.15) is 17.4 Å². The van der Waals surface area contributed by atoms with E-state index in [1.807, 2.05) is 42.5 Å². The van der Waals surface area contributed by atoms with Crippen LogP contribution in [0.15, 0.2) is 54.6 Å². The molecule has 4 rings (SSSR count). The average Bonchev–Trinajstić information content (AvgIpc) is 2.80. The Labute approximate surface area is 175 Å². The van der Waals surface area contributed by atoms with Crippen molar-refractivity contribution < 1.29 is 4.74 Å². The zero-order chi connectivity index (χ0) is 20.8. The highest BCUT2D eigenvalue weighted by atomic mass is 16.5. The number of rotatable bonds is 6. The van der Waals surface area contributed by atoms with Crippen molar-refractivity contribution in [3.63, 3.8) is 0 Å². The first kappa shape index (κ1) is 19.5. The van der Waals surface area contributed by atoms with Crippen LogP contribution in [0.1, 0.15) is 5.56 Å². The summed E-state index contributed by atoms with van der Waals surface area (Å²) in [5.74, 6) is 2.85. The number of nitriles is 1. The average molecular weight is 401 g/mol. The SMILES string of the molecule is COc1ccc(Nc2cc(N3CCNCC3)nc(Nc3ccc(C#N)cc3)n2)cc1. The van der Waals surface area contributed by atoms with Gasteiger partial charge in [0.15, 0.2) is 0 Å². The van der Waals surface area contributed by atoms with Crippen LogP contribution in [-0.4, -0.2) is 43.3 Å². The van der Waals surface area contributed by atoms with Crippen LogP contribution in [0.5, 0.6) is 5.75 Å². The minimum absolute atomic E-state index is 0.492. The van der Waals surface area contributed by atoms with Crippen molar-refractivity contribution in [3.8, 4) is 11.8 Å². The van der Waals surface area contributed by atoms with Gasteiger partial charge in [-0.15, -0.1) is 0 Å². The normalized spacial score (nSPS) is 13.4. The lowest BCUT2D eigenvalue weighted by Gasteiger charge is -2.29. The molecular formula is C22H23N7O. The molecule has 2 aromatic carbocycles. The van der Waals surface area contributed by atoms with Gasteiger partial charge in [-0.3, -0.25) is 0 Å². The summed E-state index contributed by atoms with van der Waals surface area (Å²) in [6.45, 7) is 3.61. The highest BCUT2D eigenvalue weighted by Crippen LogP contribution is 2.25. The number of methoxy groups -OCH3 is 1. The molecule has 8 nitrogen and oxygen atoms in total. The van der Waals surface area contributed by atoms with Crippen molar-refractivity contribution in [1.29, 1.82) is 5.26 Å². The number of nitrogens with zero attached hydrogens (tertiary/aromatic N) is 4. The molecule has 0 atom stereocenters. The van der Waals surface area contributed by atoms with Crippen molar-refractivity contribution in [2.24, 2.45) is 0 Å². The molecule has 1 fully saturated rings. The Bertz CT molecular complexity index is 1020. The fraction of sp³-hybridized carbons (Fsp3) is 0.227. The van der Waals surface area contributed by atoms with Crippen molar-refractivity contribution in [2.75, 3.05) is 48.8 Å². The summed E-state index contributed by atoms with van der Waals surface area (Å²) in [4.78, 5) is 11.6. The molecule has 0 spiro atoms. The Kier molecular flexibility index (Phi) is 5.92. The molecule has 2 heterocycles. The van der Waals surface area contributed by atoms with Crippen LogP contribution in [-0.2, 0) is 0 Å². The van der Waals surface area contributed by atoms with E-state index < -0.39 is 0 Å². The van der Waals surface area contributed by atoms with E-state index in [9.17, 15) is 0 Å². The van der Waals surface area contributed by atoms with E-state index in [0.29, 0.717) is 17.3 Å². The van der Waals surface area contributed by atoms with Crippen molar-refractivity contribution in [2.45, 2.75) is 0 Å². The van der Waals surface area contributed by atoms with Crippen LogP contribution < -0.4 is 25.6 Å². The fourth-order valence-corrected chi connectivity index (χ4v) is 3.19. The number of anilines is 5. The lowest BCUT2D eigenvalue weighted by molar-refractivity contribution is 0.415. The van der Waals surface area contributed by atoms with Crippen LogP contribution >= 0.6 is 0 Å². The quantitative estimate of drug-likeness (QED) is 0.579. The van der Waals surface area contributed by atoms with Gasteiger partial charge in [0.2, 0.25) is 5.95 Å². The zero-order valence-corrected chi connectivity index (χ0v) is 16.7. The van der Waals surface area contributed by atoms with E-state index in [2.05, 4.69) is 31.9 Å². The molecule has 1 aliphatic rings. The first-order chi connectivity index (χ1) is 14.7. The fourth-order valence-electron chi connectivity index (χ4n) is 3.19. The first-order valence-electron chi connectivity index (χ1n) is 9.76. The van der Waals surface area contributed by atoms with Gasteiger partial charge in [-0.05, 0) is 48.5 Å². The van der Waals surface area contributed by atoms with Gasteiger partial charge in [0, 0.05) is 43.6 Å². The lowest BCUT2D eigenvalue weighted by Crippen LogP contribution is -2.44. The van der Waals surface area contributed by atoms with Gasteiger partial charge in [-0.25, -0.2) is 0 Å².